The van der Waals surface area contributed by atoms with E-state index in [9.17, 15) is 4.79 Å². The van der Waals surface area contributed by atoms with E-state index in [1.165, 1.54) is 16.0 Å². The molecule has 0 spiro atoms. The Morgan fingerprint density at radius 2 is 1.91 bits per heavy atom. The van der Waals surface area contributed by atoms with Gasteiger partial charge in [0.05, 0.1) is 11.8 Å². The molecule has 1 aliphatic carbocycles. The molecule has 174 valence electrons. The van der Waals surface area contributed by atoms with Crippen molar-refractivity contribution in [3.05, 3.63) is 93.3 Å². The molecule has 2 aromatic heterocycles. The maximum atomic E-state index is 12.9. The van der Waals surface area contributed by atoms with Crippen LogP contribution < -0.4 is 5.43 Å². The number of carbonyl (C=O) groups is 1. The first-order valence-corrected chi connectivity index (χ1v) is 12.8. The first-order valence-electron chi connectivity index (χ1n) is 11.9. The number of nitrogens with one attached hydrogen (secondary N) is 1. The van der Waals surface area contributed by atoms with Gasteiger partial charge in [0.25, 0.3) is 5.91 Å². The number of para-hydroxylation sites is 1. The van der Waals surface area contributed by atoms with Crippen molar-refractivity contribution in [2.24, 2.45) is 16.4 Å². The van der Waals surface area contributed by atoms with E-state index >= 15 is 0 Å². The topological polar surface area (TPSA) is 46.4 Å². The number of hydrazone groups is 1. The van der Waals surface area contributed by atoms with Gasteiger partial charge in [-0.1, -0.05) is 69.3 Å². The number of amides is 1. The molecule has 0 radical (unpaired) electrons. The number of fused-ring (bicyclic) bond motifs is 2. The highest BCUT2D eigenvalue weighted by Crippen LogP contribution is 2.40. The third kappa shape index (κ3) is 4.58. The lowest BCUT2D eigenvalue weighted by Crippen LogP contribution is -2.27. The summed E-state index contributed by atoms with van der Waals surface area (Å²) in [5.74, 6) is 0.553. The van der Waals surface area contributed by atoms with Crippen LogP contribution in [0.25, 0.3) is 10.9 Å². The number of hydrogen-bond acceptors (Lipinski definition) is 3. The molecule has 4 aromatic rings. The fourth-order valence-electron chi connectivity index (χ4n) is 4.95. The first-order chi connectivity index (χ1) is 16.4. The maximum Gasteiger partial charge on any atom is 0.272 e. The van der Waals surface area contributed by atoms with Crippen molar-refractivity contribution in [3.63, 3.8) is 0 Å². The molecule has 1 atom stereocenters. The summed E-state index contributed by atoms with van der Waals surface area (Å²) in [5, 5.41) is 7.47. The van der Waals surface area contributed by atoms with Gasteiger partial charge in [0.2, 0.25) is 0 Å². The summed E-state index contributed by atoms with van der Waals surface area (Å²) in [6, 6.07) is 18.7. The van der Waals surface area contributed by atoms with Gasteiger partial charge in [-0.05, 0) is 47.8 Å². The van der Waals surface area contributed by atoms with Crippen molar-refractivity contribution >= 4 is 34.4 Å². The van der Waals surface area contributed by atoms with Crippen molar-refractivity contribution in [3.8, 4) is 0 Å². The number of carbonyl (C=O) groups excluding carboxylic acids is 1. The monoisotopic (exact) mass is 469 g/mol. The van der Waals surface area contributed by atoms with E-state index in [1.54, 1.807) is 17.6 Å². The Labute approximate surface area is 205 Å². The minimum absolute atomic E-state index is 0.115. The molecule has 0 saturated carbocycles. The molecule has 5 rings (SSSR count). The van der Waals surface area contributed by atoms with Crippen molar-refractivity contribution in [1.82, 2.24) is 9.99 Å². The second-order valence-electron chi connectivity index (χ2n) is 10.3. The summed E-state index contributed by atoms with van der Waals surface area (Å²) in [7, 11) is 0. The van der Waals surface area contributed by atoms with E-state index in [4.69, 9.17) is 0 Å². The van der Waals surface area contributed by atoms with E-state index in [2.05, 4.69) is 84.5 Å². The van der Waals surface area contributed by atoms with Crippen molar-refractivity contribution in [2.75, 3.05) is 0 Å². The number of nitrogens with zero attached hydrogens (tertiary/aromatic N) is 2. The molecule has 1 N–H and O–H groups in total. The van der Waals surface area contributed by atoms with E-state index in [1.807, 2.05) is 17.5 Å². The highest BCUT2D eigenvalue weighted by atomic mass is 32.1. The van der Waals surface area contributed by atoms with Gasteiger partial charge >= 0.3 is 0 Å². The van der Waals surface area contributed by atoms with Crippen LogP contribution in [0.3, 0.4) is 0 Å². The van der Waals surface area contributed by atoms with Crippen molar-refractivity contribution in [2.45, 2.75) is 46.6 Å². The molecule has 1 amide bonds. The SMILES string of the molecule is CC(C)(C)C1CCc2c(C(=O)N/N=C/c3cn(Cc4ccccc4)c4ccccc34)csc2C1. The summed E-state index contributed by atoms with van der Waals surface area (Å²) in [6.07, 6.45) is 7.04. The first kappa shape index (κ1) is 22.6. The molecule has 2 aromatic carbocycles. The lowest BCUT2D eigenvalue weighted by molar-refractivity contribution is 0.0954. The van der Waals surface area contributed by atoms with Crippen LogP contribution in [0, 0.1) is 11.3 Å². The fraction of sp³-hybridized carbons (Fsp3) is 0.310. The summed E-state index contributed by atoms with van der Waals surface area (Å²) in [6.45, 7) is 7.73. The predicted molar refractivity (Wildman–Crippen MR) is 142 cm³/mol. The van der Waals surface area contributed by atoms with Crippen LogP contribution in [0.4, 0.5) is 0 Å². The van der Waals surface area contributed by atoms with Gasteiger partial charge in [0.15, 0.2) is 0 Å². The second-order valence-corrected chi connectivity index (χ2v) is 11.2. The Balaban J connectivity index is 1.32. The fourth-order valence-corrected chi connectivity index (χ4v) is 6.11. The second kappa shape index (κ2) is 9.22. The number of benzene rings is 2. The molecule has 34 heavy (non-hydrogen) atoms. The minimum Gasteiger partial charge on any atom is -0.342 e. The van der Waals surface area contributed by atoms with Gasteiger partial charge in [0.1, 0.15) is 0 Å². The van der Waals surface area contributed by atoms with Gasteiger partial charge < -0.3 is 4.57 Å². The van der Waals surface area contributed by atoms with E-state index in [0.29, 0.717) is 11.3 Å². The average molecular weight is 470 g/mol. The van der Waals surface area contributed by atoms with Crippen LogP contribution in [0.2, 0.25) is 0 Å². The highest BCUT2D eigenvalue weighted by Gasteiger charge is 2.31. The summed E-state index contributed by atoms with van der Waals surface area (Å²) in [4.78, 5) is 14.3. The molecule has 1 aliphatic rings. The smallest absolute Gasteiger partial charge is 0.272 e. The van der Waals surface area contributed by atoms with Crippen molar-refractivity contribution < 1.29 is 4.79 Å². The van der Waals surface area contributed by atoms with E-state index in [-0.39, 0.29) is 5.91 Å². The van der Waals surface area contributed by atoms with Crippen LogP contribution in [-0.2, 0) is 19.4 Å². The van der Waals surface area contributed by atoms with Crippen molar-refractivity contribution in [1.29, 1.82) is 0 Å². The number of aromatic nitrogens is 1. The Morgan fingerprint density at radius 1 is 1.15 bits per heavy atom. The zero-order chi connectivity index (χ0) is 23.7. The molecule has 1 unspecified atom stereocenters. The molecule has 4 nitrogen and oxygen atoms in total. The number of thiophene rings is 1. The number of hydrogen-bond donors (Lipinski definition) is 1. The Kier molecular flexibility index (Phi) is 6.13. The molecule has 0 saturated heterocycles. The highest BCUT2D eigenvalue weighted by molar-refractivity contribution is 7.10. The Morgan fingerprint density at radius 3 is 2.71 bits per heavy atom. The summed E-state index contributed by atoms with van der Waals surface area (Å²) in [5.41, 5.74) is 8.48. The van der Waals surface area contributed by atoms with Gasteiger partial charge in [-0.25, -0.2) is 5.43 Å². The zero-order valence-corrected chi connectivity index (χ0v) is 20.9. The zero-order valence-electron chi connectivity index (χ0n) is 20.0. The summed E-state index contributed by atoms with van der Waals surface area (Å²) < 4.78 is 2.23. The van der Waals surface area contributed by atoms with Gasteiger partial charge in [0, 0.05) is 39.5 Å². The molecule has 0 bridgehead atoms. The van der Waals surface area contributed by atoms with Crippen LogP contribution in [0.1, 0.15) is 59.1 Å². The molecular weight excluding hydrogens is 438 g/mol. The third-order valence-corrected chi connectivity index (χ3v) is 8.06. The molecule has 0 aliphatic heterocycles. The maximum absolute atomic E-state index is 12.9. The predicted octanol–water partition coefficient (Wildman–Crippen LogP) is 6.67. The van der Waals surface area contributed by atoms with E-state index in [0.717, 1.165) is 47.8 Å². The molecule has 2 heterocycles. The minimum atomic E-state index is -0.115. The standard InChI is InChI=1S/C29H31N3OS/c1-29(2,3)22-13-14-24-25(19-34-27(24)15-22)28(33)31-30-16-21-18-32(17-20-9-5-4-6-10-20)26-12-8-7-11-23(21)26/h4-12,16,18-19,22H,13-15,17H2,1-3H3,(H,31,33)/b30-16+. The van der Waals surface area contributed by atoms with Gasteiger partial charge in [-0.3, -0.25) is 4.79 Å². The Hall–Kier alpha value is -3.18. The lowest BCUT2D eigenvalue weighted by atomic mass is 9.72. The average Bonchev–Trinajstić information content (AvgIpc) is 3.41. The van der Waals surface area contributed by atoms with Crippen LogP contribution in [-0.4, -0.2) is 16.7 Å². The Bertz CT molecular complexity index is 1340. The molecular formula is C29H31N3OS. The normalized spacial score (nSPS) is 16.1. The van der Waals surface area contributed by atoms with Gasteiger partial charge in [-0.15, -0.1) is 11.3 Å². The summed E-state index contributed by atoms with van der Waals surface area (Å²) >= 11 is 1.72. The molecule has 5 heteroatoms. The van der Waals surface area contributed by atoms with Gasteiger partial charge in [-0.2, -0.15) is 5.10 Å². The van der Waals surface area contributed by atoms with Crippen LogP contribution in [0.15, 0.2) is 71.3 Å². The largest absolute Gasteiger partial charge is 0.342 e. The molecule has 0 fully saturated rings. The quantitative estimate of drug-likeness (QED) is 0.258. The third-order valence-electron chi connectivity index (χ3n) is 7.01. The number of rotatable bonds is 5. The van der Waals surface area contributed by atoms with E-state index < -0.39 is 0 Å². The van der Waals surface area contributed by atoms with Crippen LogP contribution >= 0.6 is 11.3 Å². The lowest BCUT2D eigenvalue weighted by Gasteiger charge is -2.33. The van der Waals surface area contributed by atoms with Crippen LogP contribution in [0.5, 0.6) is 0 Å².